The van der Waals surface area contributed by atoms with Crippen LogP contribution in [0, 0.1) is 0 Å². The first-order chi connectivity index (χ1) is 7.16. The van der Waals surface area contributed by atoms with Crippen LogP contribution in [0.15, 0.2) is 29.1 Å². The fourth-order valence-electron chi connectivity index (χ4n) is 1.39. The molecular weight excluding hydrogens is 260 g/mol. The normalized spacial score (nSPS) is 10.7. The molecule has 0 saturated heterocycles. The Balaban J connectivity index is 2.29. The monoisotopic (exact) mass is 268 g/mol. The summed E-state index contributed by atoms with van der Waals surface area (Å²) in [5.41, 5.74) is 1.84. The van der Waals surface area contributed by atoms with E-state index >= 15 is 0 Å². The molecule has 0 radical (unpaired) electrons. The van der Waals surface area contributed by atoms with Gasteiger partial charge in [-0.15, -0.1) is 0 Å². The Morgan fingerprint density at radius 3 is 3.07 bits per heavy atom. The Morgan fingerprint density at radius 2 is 2.33 bits per heavy atom. The molecular formula is C10H9BrN2O2. The number of hydrogen-bond donors (Lipinski definition) is 1. The van der Waals surface area contributed by atoms with Gasteiger partial charge in [-0.1, -0.05) is 6.07 Å². The van der Waals surface area contributed by atoms with Crippen LogP contribution in [0.25, 0.3) is 5.65 Å². The average Bonchev–Trinajstić information content (AvgIpc) is 2.57. The van der Waals surface area contributed by atoms with E-state index in [0.29, 0.717) is 6.42 Å². The first-order valence-corrected chi connectivity index (χ1v) is 5.29. The van der Waals surface area contributed by atoms with Crippen LogP contribution in [0.2, 0.25) is 0 Å². The minimum absolute atomic E-state index is 0.151. The number of pyridine rings is 1. The molecule has 5 heteroatoms. The van der Waals surface area contributed by atoms with Gasteiger partial charge in [-0.2, -0.15) is 0 Å². The molecule has 0 unspecified atom stereocenters. The minimum atomic E-state index is -0.778. The molecule has 1 N–H and O–H groups in total. The summed E-state index contributed by atoms with van der Waals surface area (Å²) in [6.07, 6.45) is 4.30. The molecule has 0 atom stereocenters. The first-order valence-electron chi connectivity index (χ1n) is 4.50. The molecule has 2 aromatic rings. The molecule has 0 bridgehead atoms. The van der Waals surface area contributed by atoms with Gasteiger partial charge in [0, 0.05) is 12.6 Å². The van der Waals surface area contributed by atoms with Crippen molar-refractivity contribution in [3.05, 3.63) is 34.7 Å². The van der Waals surface area contributed by atoms with Crippen molar-refractivity contribution in [3.8, 4) is 0 Å². The summed E-state index contributed by atoms with van der Waals surface area (Å²) < 4.78 is 2.76. The number of carboxylic acid groups (broad SMARTS) is 1. The van der Waals surface area contributed by atoms with Gasteiger partial charge in [0.05, 0.1) is 6.20 Å². The number of imidazole rings is 1. The van der Waals surface area contributed by atoms with Gasteiger partial charge in [0.2, 0.25) is 0 Å². The summed E-state index contributed by atoms with van der Waals surface area (Å²) in [6.45, 7) is 0. The standard InChI is InChI=1S/C10H9BrN2O2/c11-8-5-12-9-3-1-7(6-13(8)9)2-4-10(14)15/h1,3,5-6H,2,4H2,(H,14,15). The van der Waals surface area contributed by atoms with E-state index in [2.05, 4.69) is 20.9 Å². The Hall–Kier alpha value is -1.36. The topological polar surface area (TPSA) is 54.6 Å². The zero-order valence-corrected chi connectivity index (χ0v) is 9.44. The molecule has 2 rings (SSSR count). The quantitative estimate of drug-likeness (QED) is 0.928. The van der Waals surface area contributed by atoms with Crippen LogP contribution in [0.5, 0.6) is 0 Å². The summed E-state index contributed by atoms with van der Waals surface area (Å²) in [7, 11) is 0. The second kappa shape index (κ2) is 4.02. The lowest BCUT2D eigenvalue weighted by Gasteiger charge is -2.00. The largest absolute Gasteiger partial charge is 0.481 e. The lowest BCUT2D eigenvalue weighted by Crippen LogP contribution is -1.98. The third kappa shape index (κ3) is 2.18. The number of aryl methyl sites for hydroxylation is 1. The van der Waals surface area contributed by atoms with Crippen molar-refractivity contribution in [1.29, 1.82) is 0 Å². The summed E-state index contributed by atoms with van der Waals surface area (Å²) in [6, 6.07) is 3.78. The van der Waals surface area contributed by atoms with Gasteiger partial charge < -0.3 is 5.11 Å². The van der Waals surface area contributed by atoms with Crippen LogP contribution in [-0.2, 0) is 11.2 Å². The molecule has 4 nitrogen and oxygen atoms in total. The highest BCUT2D eigenvalue weighted by atomic mass is 79.9. The lowest BCUT2D eigenvalue weighted by molar-refractivity contribution is -0.136. The van der Waals surface area contributed by atoms with E-state index < -0.39 is 5.97 Å². The molecule has 2 heterocycles. The van der Waals surface area contributed by atoms with Crippen molar-refractivity contribution < 1.29 is 9.90 Å². The number of aromatic nitrogens is 2. The Bertz CT molecular complexity index is 507. The molecule has 0 spiro atoms. The van der Waals surface area contributed by atoms with Gasteiger partial charge >= 0.3 is 5.97 Å². The molecule has 0 aromatic carbocycles. The zero-order valence-electron chi connectivity index (χ0n) is 7.85. The number of rotatable bonds is 3. The van der Waals surface area contributed by atoms with Gasteiger partial charge in [0.1, 0.15) is 10.3 Å². The van der Waals surface area contributed by atoms with Crippen LogP contribution in [-0.4, -0.2) is 20.5 Å². The molecule has 0 aliphatic heterocycles. The molecule has 0 amide bonds. The number of aliphatic carboxylic acids is 1. The van der Waals surface area contributed by atoms with E-state index in [9.17, 15) is 4.79 Å². The fourth-order valence-corrected chi connectivity index (χ4v) is 1.78. The third-order valence-corrected chi connectivity index (χ3v) is 2.74. The summed E-state index contributed by atoms with van der Waals surface area (Å²) in [4.78, 5) is 14.6. The van der Waals surface area contributed by atoms with E-state index in [-0.39, 0.29) is 6.42 Å². The number of carbonyl (C=O) groups is 1. The Morgan fingerprint density at radius 1 is 1.53 bits per heavy atom. The molecule has 0 fully saturated rings. The van der Waals surface area contributed by atoms with Crippen LogP contribution in [0.1, 0.15) is 12.0 Å². The van der Waals surface area contributed by atoms with Crippen molar-refractivity contribution in [3.63, 3.8) is 0 Å². The number of halogens is 1. The van der Waals surface area contributed by atoms with E-state index in [1.54, 1.807) is 6.20 Å². The highest BCUT2D eigenvalue weighted by Crippen LogP contribution is 2.14. The van der Waals surface area contributed by atoms with Crippen LogP contribution in [0.3, 0.4) is 0 Å². The summed E-state index contributed by atoms with van der Waals surface area (Å²) in [5.74, 6) is -0.778. The van der Waals surface area contributed by atoms with Crippen molar-refractivity contribution in [2.45, 2.75) is 12.8 Å². The minimum Gasteiger partial charge on any atom is -0.481 e. The molecule has 15 heavy (non-hydrogen) atoms. The van der Waals surface area contributed by atoms with E-state index in [4.69, 9.17) is 5.11 Å². The fraction of sp³-hybridized carbons (Fsp3) is 0.200. The number of fused-ring (bicyclic) bond motifs is 1. The molecule has 78 valence electrons. The number of nitrogens with zero attached hydrogens (tertiary/aromatic N) is 2. The smallest absolute Gasteiger partial charge is 0.303 e. The van der Waals surface area contributed by atoms with Gasteiger partial charge in [-0.25, -0.2) is 4.98 Å². The second-order valence-corrected chi connectivity index (χ2v) is 4.05. The Labute approximate surface area is 94.7 Å². The van der Waals surface area contributed by atoms with Crippen molar-refractivity contribution in [2.75, 3.05) is 0 Å². The first kappa shape index (κ1) is 10.2. The van der Waals surface area contributed by atoms with Gasteiger partial charge in [0.25, 0.3) is 0 Å². The highest BCUT2D eigenvalue weighted by molar-refractivity contribution is 9.10. The molecule has 0 aliphatic carbocycles. The van der Waals surface area contributed by atoms with E-state index in [0.717, 1.165) is 15.8 Å². The zero-order chi connectivity index (χ0) is 10.8. The number of carboxylic acids is 1. The maximum absolute atomic E-state index is 10.4. The van der Waals surface area contributed by atoms with Crippen LogP contribution >= 0.6 is 15.9 Å². The molecule has 0 aliphatic rings. The SMILES string of the molecule is O=C(O)CCc1ccc2ncc(Br)n2c1. The van der Waals surface area contributed by atoms with Crippen molar-refractivity contribution in [2.24, 2.45) is 0 Å². The van der Waals surface area contributed by atoms with E-state index in [1.807, 2.05) is 22.7 Å². The molecule has 0 saturated carbocycles. The summed E-state index contributed by atoms with van der Waals surface area (Å²) in [5, 5.41) is 8.57. The van der Waals surface area contributed by atoms with Crippen molar-refractivity contribution in [1.82, 2.24) is 9.38 Å². The lowest BCUT2D eigenvalue weighted by atomic mass is 10.1. The van der Waals surface area contributed by atoms with Gasteiger partial charge in [-0.05, 0) is 34.0 Å². The number of hydrogen-bond acceptors (Lipinski definition) is 2. The molecule has 2 aromatic heterocycles. The van der Waals surface area contributed by atoms with Gasteiger partial charge in [0.15, 0.2) is 0 Å². The maximum atomic E-state index is 10.4. The highest BCUT2D eigenvalue weighted by Gasteiger charge is 2.03. The second-order valence-electron chi connectivity index (χ2n) is 3.24. The summed E-state index contributed by atoms with van der Waals surface area (Å²) >= 11 is 3.37. The van der Waals surface area contributed by atoms with Crippen LogP contribution < -0.4 is 0 Å². The average molecular weight is 269 g/mol. The predicted molar refractivity (Wildman–Crippen MR) is 58.8 cm³/mol. The van der Waals surface area contributed by atoms with E-state index in [1.165, 1.54) is 0 Å². The third-order valence-electron chi connectivity index (χ3n) is 2.15. The van der Waals surface area contributed by atoms with Gasteiger partial charge in [-0.3, -0.25) is 9.20 Å². The predicted octanol–water partition coefficient (Wildman–Crippen LogP) is 2.11. The van der Waals surface area contributed by atoms with Crippen molar-refractivity contribution >= 4 is 27.5 Å². The Kier molecular flexibility index (Phi) is 2.73. The maximum Gasteiger partial charge on any atom is 0.303 e. The van der Waals surface area contributed by atoms with Crippen LogP contribution in [0.4, 0.5) is 0 Å².